The first-order valence-corrected chi connectivity index (χ1v) is 7.57. The van der Waals surface area contributed by atoms with Crippen molar-refractivity contribution in [1.29, 1.82) is 0 Å². The standard InChI is InChI=1S/C18H20N2O/c1-14-5-2-3-12-20(14)18(21)16-9-7-15(8-10-16)17-6-4-11-19-13-17/h4,6-11,13-14H,2-3,5,12H2,1H3/t14-/m0/s1. The smallest absolute Gasteiger partial charge is 0.254 e. The Morgan fingerprint density at radius 3 is 2.62 bits per heavy atom. The van der Waals surface area contributed by atoms with Gasteiger partial charge in [0.15, 0.2) is 0 Å². The Hall–Kier alpha value is -2.16. The van der Waals surface area contributed by atoms with Gasteiger partial charge in [0, 0.05) is 30.5 Å². The molecule has 0 bridgehead atoms. The Bertz CT molecular complexity index is 607. The number of rotatable bonds is 2. The summed E-state index contributed by atoms with van der Waals surface area (Å²) in [5.74, 6) is 0.153. The van der Waals surface area contributed by atoms with Crippen molar-refractivity contribution in [2.24, 2.45) is 0 Å². The van der Waals surface area contributed by atoms with Crippen LogP contribution >= 0.6 is 0 Å². The average molecular weight is 280 g/mol. The second kappa shape index (κ2) is 6.08. The summed E-state index contributed by atoms with van der Waals surface area (Å²) in [4.78, 5) is 18.7. The van der Waals surface area contributed by atoms with Gasteiger partial charge in [-0.05, 0) is 55.5 Å². The van der Waals surface area contributed by atoms with E-state index < -0.39 is 0 Å². The monoisotopic (exact) mass is 280 g/mol. The van der Waals surface area contributed by atoms with E-state index in [1.165, 1.54) is 6.42 Å². The predicted octanol–water partition coefficient (Wildman–Crippen LogP) is 3.76. The van der Waals surface area contributed by atoms with Crippen LogP contribution in [0.15, 0.2) is 48.8 Å². The summed E-state index contributed by atoms with van der Waals surface area (Å²) in [5.41, 5.74) is 2.94. The van der Waals surface area contributed by atoms with Crippen LogP contribution < -0.4 is 0 Å². The molecule has 1 saturated heterocycles. The molecule has 1 amide bonds. The van der Waals surface area contributed by atoms with E-state index in [1.807, 2.05) is 47.5 Å². The molecule has 21 heavy (non-hydrogen) atoms. The molecule has 108 valence electrons. The molecular weight excluding hydrogens is 260 g/mol. The third-order valence-electron chi connectivity index (χ3n) is 4.19. The quantitative estimate of drug-likeness (QED) is 0.839. The van der Waals surface area contributed by atoms with E-state index in [9.17, 15) is 4.79 Å². The van der Waals surface area contributed by atoms with Crippen LogP contribution in [-0.2, 0) is 0 Å². The van der Waals surface area contributed by atoms with E-state index in [0.717, 1.165) is 36.1 Å². The zero-order chi connectivity index (χ0) is 14.7. The number of piperidine rings is 1. The summed E-state index contributed by atoms with van der Waals surface area (Å²) in [7, 11) is 0. The van der Waals surface area contributed by atoms with Gasteiger partial charge in [-0.2, -0.15) is 0 Å². The second-order valence-corrected chi connectivity index (χ2v) is 5.66. The molecule has 0 radical (unpaired) electrons. The minimum absolute atomic E-state index is 0.153. The Kier molecular flexibility index (Phi) is 4.00. The van der Waals surface area contributed by atoms with E-state index in [4.69, 9.17) is 0 Å². The summed E-state index contributed by atoms with van der Waals surface area (Å²) in [6.45, 7) is 3.02. The summed E-state index contributed by atoms with van der Waals surface area (Å²) in [5, 5.41) is 0. The van der Waals surface area contributed by atoms with E-state index in [-0.39, 0.29) is 5.91 Å². The summed E-state index contributed by atoms with van der Waals surface area (Å²) in [6, 6.07) is 12.1. The van der Waals surface area contributed by atoms with Crippen LogP contribution in [0.1, 0.15) is 36.5 Å². The van der Waals surface area contributed by atoms with Crippen molar-refractivity contribution in [3.8, 4) is 11.1 Å². The first-order valence-electron chi connectivity index (χ1n) is 7.57. The average Bonchev–Trinajstić information content (AvgIpc) is 2.56. The number of pyridine rings is 1. The predicted molar refractivity (Wildman–Crippen MR) is 84.0 cm³/mol. The van der Waals surface area contributed by atoms with E-state index in [0.29, 0.717) is 6.04 Å². The van der Waals surface area contributed by atoms with Crippen LogP contribution in [0.3, 0.4) is 0 Å². The molecule has 2 heterocycles. The molecule has 1 aliphatic heterocycles. The van der Waals surface area contributed by atoms with Gasteiger partial charge in [0.05, 0.1) is 0 Å². The number of carbonyl (C=O) groups excluding carboxylic acids is 1. The van der Waals surface area contributed by atoms with Gasteiger partial charge in [-0.15, -0.1) is 0 Å². The lowest BCUT2D eigenvalue weighted by molar-refractivity contribution is 0.0635. The van der Waals surface area contributed by atoms with Crippen LogP contribution in [-0.4, -0.2) is 28.4 Å². The van der Waals surface area contributed by atoms with Gasteiger partial charge < -0.3 is 4.90 Å². The molecule has 1 atom stereocenters. The van der Waals surface area contributed by atoms with E-state index in [2.05, 4.69) is 11.9 Å². The lowest BCUT2D eigenvalue weighted by Gasteiger charge is -2.33. The van der Waals surface area contributed by atoms with Crippen LogP contribution in [0.5, 0.6) is 0 Å². The highest BCUT2D eigenvalue weighted by Crippen LogP contribution is 2.22. The lowest BCUT2D eigenvalue weighted by atomic mass is 10.0. The molecule has 3 rings (SSSR count). The van der Waals surface area contributed by atoms with Crippen molar-refractivity contribution in [3.63, 3.8) is 0 Å². The number of benzene rings is 1. The SMILES string of the molecule is C[C@H]1CCCCN1C(=O)c1ccc(-c2cccnc2)cc1. The molecule has 3 nitrogen and oxygen atoms in total. The van der Waals surface area contributed by atoms with Gasteiger partial charge in [-0.3, -0.25) is 9.78 Å². The van der Waals surface area contributed by atoms with Crippen LogP contribution in [0.25, 0.3) is 11.1 Å². The summed E-state index contributed by atoms with van der Waals surface area (Å²) in [6.07, 6.45) is 7.05. The maximum Gasteiger partial charge on any atom is 0.254 e. The van der Waals surface area contributed by atoms with Crippen molar-refractivity contribution in [3.05, 3.63) is 54.4 Å². The molecule has 2 aromatic rings. The van der Waals surface area contributed by atoms with Crippen molar-refractivity contribution < 1.29 is 4.79 Å². The minimum Gasteiger partial charge on any atom is -0.336 e. The number of nitrogens with zero attached hydrogens (tertiary/aromatic N) is 2. The minimum atomic E-state index is 0.153. The molecule has 1 aromatic carbocycles. The molecule has 0 aliphatic carbocycles. The van der Waals surface area contributed by atoms with Gasteiger partial charge in [-0.25, -0.2) is 0 Å². The van der Waals surface area contributed by atoms with E-state index >= 15 is 0 Å². The molecule has 1 aliphatic rings. The zero-order valence-corrected chi connectivity index (χ0v) is 12.3. The summed E-state index contributed by atoms with van der Waals surface area (Å²) < 4.78 is 0. The normalized spacial score (nSPS) is 18.5. The van der Waals surface area contributed by atoms with Crippen LogP contribution in [0, 0.1) is 0 Å². The van der Waals surface area contributed by atoms with Gasteiger partial charge >= 0.3 is 0 Å². The van der Waals surface area contributed by atoms with Crippen molar-refractivity contribution in [1.82, 2.24) is 9.88 Å². The third-order valence-corrected chi connectivity index (χ3v) is 4.19. The fourth-order valence-corrected chi connectivity index (χ4v) is 2.90. The molecule has 1 aromatic heterocycles. The maximum absolute atomic E-state index is 12.6. The second-order valence-electron chi connectivity index (χ2n) is 5.66. The maximum atomic E-state index is 12.6. The van der Waals surface area contributed by atoms with Crippen LogP contribution in [0.4, 0.5) is 0 Å². The Balaban J connectivity index is 1.79. The number of hydrogen-bond donors (Lipinski definition) is 0. The highest BCUT2D eigenvalue weighted by atomic mass is 16.2. The van der Waals surface area contributed by atoms with Gasteiger partial charge in [0.1, 0.15) is 0 Å². The first kappa shape index (κ1) is 13.8. The fraction of sp³-hybridized carbons (Fsp3) is 0.333. The highest BCUT2D eigenvalue weighted by Gasteiger charge is 2.23. The first-order chi connectivity index (χ1) is 10.3. The van der Waals surface area contributed by atoms with Crippen molar-refractivity contribution >= 4 is 5.91 Å². The van der Waals surface area contributed by atoms with E-state index in [1.54, 1.807) is 6.20 Å². The van der Waals surface area contributed by atoms with Crippen molar-refractivity contribution in [2.45, 2.75) is 32.2 Å². The third kappa shape index (κ3) is 2.97. The number of hydrogen-bond acceptors (Lipinski definition) is 2. The Morgan fingerprint density at radius 1 is 1.14 bits per heavy atom. The molecular formula is C18H20N2O. The number of amides is 1. The summed E-state index contributed by atoms with van der Waals surface area (Å²) >= 11 is 0. The van der Waals surface area contributed by atoms with Gasteiger partial charge in [0.2, 0.25) is 0 Å². The fourth-order valence-electron chi connectivity index (χ4n) is 2.90. The van der Waals surface area contributed by atoms with Crippen LogP contribution in [0.2, 0.25) is 0 Å². The highest BCUT2D eigenvalue weighted by molar-refractivity contribution is 5.95. The lowest BCUT2D eigenvalue weighted by Crippen LogP contribution is -2.41. The van der Waals surface area contributed by atoms with Gasteiger partial charge in [0.25, 0.3) is 5.91 Å². The molecule has 1 fully saturated rings. The molecule has 0 saturated carbocycles. The molecule has 0 unspecified atom stereocenters. The molecule has 0 N–H and O–H groups in total. The zero-order valence-electron chi connectivity index (χ0n) is 12.3. The Labute approximate surface area is 125 Å². The van der Waals surface area contributed by atoms with Gasteiger partial charge in [-0.1, -0.05) is 18.2 Å². The number of carbonyl (C=O) groups is 1. The molecule has 0 spiro atoms. The topological polar surface area (TPSA) is 33.2 Å². The number of aromatic nitrogens is 1. The Morgan fingerprint density at radius 2 is 1.95 bits per heavy atom. The van der Waals surface area contributed by atoms with Crippen molar-refractivity contribution in [2.75, 3.05) is 6.54 Å². The largest absolute Gasteiger partial charge is 0.336 e. The number of likely N-dealkylation sites (tertiary alicyclic amines) is 1. The molecule has 3 heteroatoms.